The summed E-state index contributed by atoms with van der Waals surface area (Å²) in [4.78, 5) is 37.9. The van der Waals surface area contributed by atoms with E-state index in [0.29, 0.717) is 0 Å². The summed E-state index contributed by atoms with van der Waals surface area (Å²) in [6.45, 7) is -1.64. The maximum atomic E-state index is 13.0. The SMILES string of the molecule is CC(=O)N[C@@H]1[C@@H](O)C[C@](O[C@@H]2[C@@H](O)[C@@H](O)[C@H](O[C@H]3[C@H](O[C@@H]4O[C@@H](C)[C@@H](O)[C@@H](O)[C@@H]4O)[C@@H](NC(C)=O)[C@H](OC4[C@@H](O)C(O)O[C@H](CO)[C@@H]4O)O[C@@H]3COS(=O)(=O)O)O[C@@H]2CO)(C(=O)O)O[C@H]1C(O)C(O)CO. The third-order valence-electron chi connectivity index (χ3n) is 12.3. The summed E-state index contributed by atoms with van der Waals surface area (Å²) >= 11 is 0. The number of hydrogen-bond donors (Lipinski definition) is 18. The number of aliphatic carboxylic acids is 1. The second kappa shape index (κ2) is 24.4. The van der Waals surface area contributed by atoms with Crippen molar-refractivity contribution >= 4 is 28.2 Å². The van der Waals surface area contributed by atoms with E-state index in [-0.39, 0.29) is 0 Å². The highest BCUT2D eigenvalue weighted by atomic mass is 32.3. The van der Waals surface area contributed by atoms with Gasteiger partial charge in [0.25, 0.3) is 5.79 Å². The number of amides is 2. The van der Waals surface area contributed by atoms with Gasteiger partial charge in [-0.05, 0) is 6.92 Å². The lowest BCUT2D eigenvalue weighted by atomic mass is 9.88. The molecule has 0 spiro atoms. The van der Waals surface area contributed by atoms with Crippen LogP contribution in [-0.4, -0.2) is 293 Å². The fourth-order valence-corrected chi connectivity index (χ4v) is 8.92. The molecule has 0 radical (unpaired) electrons. The van der Waals surface area contributed by atoms with Gasteiger partial charge in [-0.25, -0.2) is 8.98 Å². The topological polar surface area (TPSA) is 525 Å². The van der Waals surface area contributed by atoms with Crippen LogP contribution in [0.4, 0.5) is 0 Å². The highest BCUT2D eigenvalue weighted by Gasteiger charge is 2.61. The van der Waals surface area contributed by atoms with Crippen molar-refractivity contribution in [2.75, 3.05) is 26.4 Å². The van der Waals surface area contributed by atoms with Gasteiger partial charge in [-0.1, -0.05) is 0 Å². The van der Waals surface area contributed by atoms with Gasteiger partial charge in [-0.15, -0.1) is 0 Å². The molecular formula is C37H62N2O31S. The lowest BCUT2D eigenvalue weighted by Gasteiger charge is -2.52. The minimum atomic E-state index is -5.44. The highest BCUT2D eigenvalue weighted by molar-refractivity contribution is 7.80. The van der Waals surface area contributed by atoms with Crippen LogP contribution in [0.1, 0.15) is 27.2 Å². The summed E-state index contributed by atoms with van der Waals surface area (Å²) in [6.07, 6.45) is -49.2. The van der Waals surface area contributed by atoms with Crippen LogP contribution < -0.4 is 10.6 Å². The predicted octanol–water partition coefficient (Wildman–Crippen LogP) is -11.6. The minimum Gasteiger partial charge on any atom is -0.477 e. The summed E-state index contributed by atoms with van der Waals surface area (Å²) in [5.41, 5.74) is 0. The van der Waals surface area contributed by atoms with Crippen molar-refractivity contribution in [3.05, 3.63) is 0 Å². The molecule has 4 unspecified atom stereocenters. The molecule has 0 aromatic heterocycles. The molecule has 33 nitrogen and oxygen atoms in total. The van der Waals surface area contributed by atoms with Crippen molar-refractivity contribution in [3.8, 4) is 0 Å². The first kappa shape index (κ1) is 59.2. The summed E-state index contributed by atoms with van der Waals surface area (Å²) in [5, 5.41) is 165. The average Bonchev–Trinajstić information content (AvgIpc) is 3.30. The van der Waals surface area contributed by atoms with Gasteiger partial charge < -0.3 is 130 Å². The van der Waals surface area contributed by atoms with E-state index < -0.39 is 220 Å². The zero-order valence-electron chi connectivity index (χ0n) is 37.7. The van der Waals surface area contributed by atoms with E-state index >= 15 is 0 Å². The molecule has 26 atom stereocenters. The molecule has 5 rings (SSSR count). The van der Waals surface area contributed by atoms with Crippen LogP contribution in [-0.2, 0) is 71.6 Å². The molecule has 18 N–H and O–H groups in total. The quantitative estimate of drug-likeness (QED) is 0.0534. The van der Waals surface area contributed by atoms with E-state index in [1.165, 1.54) is 6.92 Å². The zero-order valence-corrected chi connectivity index (χ0v) is 38.5. The minimum absolute atomic E-state index is 0.835. The Morgan fingerprint density at radius 1 is 0.662 bits per heavy atom. The van der Waals surface area contributed by atoms with Crippen LogP contribution >= 0.6 is 0 Å². The van der Waals surface area contributed by atoms with Crippen LogP contribution in [0.5, 0.6) is 0 Å². The van der Waals surface area contributed by atoms with Crippen LogP contribution in [0.2, 0.25) is 0 Å². The molecule has 0 bridgehead atoms. The van der Waals surface area contributed by atoms with Crippen LogP contribution in [0.3, 0.4) is 0 Å². The van der Waals surface area contributed by atoms with Gasteiger partial charge in [0.2, 0.25) is 11.8 Å². The maximum Gasteiger partial charge on any atom is 0.397 e. The Morgan fingerprint density at radius 3 is 1.77 bits per heavy atom. The van der Waals surface area contributed by atoms with Crippen molar-refractivity contribution in [2.45, 2.75) is 186 Å². The van der Waals surface area contributed by atoms with Crippen molar-refractivity contribution in [1.29, 1.82) is 0 Å². The van der Waals surface area contributed by atoms with E-state index in [4.69, 9.17) is 42.6 Å². The van der Waals surface area contributed by atoms with Crippen LogP contribution in [0, 0.1) is 0 Å². The van der Waals surface area contributed by atoms with Crippen molar-refractivity contribution in [3.63, 3.8) is 0 Å². The molecule has 5 saturated heterocycles. The number of carboxylic acids is 1. The number of rotatable bonds is 19. The molecule has 0 saturated carbocycles. The first-order chi connectivity index (χ1) is 33.1. The molecule has 5 aliphatic rings. The molecule has 2 amide bonds. The Morgan fingerprint density at radius 2 is 1.21 bits per heavy atom. The van der Waals surface area contributed by atoms with Gasteiger partial charge in [0, 0.05) is 20.3 Å². The van der Waals surface area contributed by atoms with E-state index in [9.17, 15) is 104 Å². The molecule has 0 aromatic carbocycles. The molecule has 0 aromatic rings. The summed E-state index contributed by atoms with van der Waals surface area (Å²) in [7, 11) is -5.44. The second-order valence-electron chi connectivity index (χ2n) is 17.4. The normalized spacial score (nSPS) is 45.4. The third kappa shape index (κ3) is 13.4. The Bertz CT molecular complexity index is 1890. The number of nitrogens with one attached hydrogen (secondary N) is 2. The first-order valence-electron chi connectivity index (χ1n) is 21.7. The van der Waals surface area contributed by atoms with Crippen molar-refractivity contribution in [1.82, 2.24) is 10.6 Å². The van der Waals surface area contributed by atoms with E-state index in [2.05, 4.69) is 14.8 Å². The molecular weight excluding hydrogens is 1000 g/mol. The van der Waals surface area contributed by atoms with Gasteiger partial charge in [0.1, 0.15) is 110 Å². The molecule has 5 fully saturated rings. The number of ether oxygens (including phenoxy) is 9. The molecule has 34 heteroatoms. The number of hydrogen-bond acceptors (Lipinski definition) is 29. The zero-order chi connectivity index (χ0) is 53.2. The van der Waals surface area contributed by atoms with E-state index in [0.717, 1.165) is 13.8 Å². The highest BCUT2D eigenvalue weighted by Crippen LogP contribution is 2.40. The number of aliphatic hydroxyl groups excluding tert-OH is 14. The molecule has 5 aliphatic heterocycles. The number of carboxylic acid groups (broad SMARTS) is 1. The average molecular weight is 1060 g/mol. The fourth-order valence-electron chi connectivity index (χ4n) is 8.62. The van der Waals surface area contributed by atoms with Gasteiger partial charge in [-0.2, -0.15) is 8.42 Å². The lowest BCUT2D eigenvalue weighted by Crippen LogP contribution is -2.72. The third-order valence-corrected chi connectivity index (χ3v) is 12.7. The monoisotopic (exact) mass is 1060 g/mol. The summed E-state index contributed by atoms with van der Waals surface area (Å²) in [6, 6.07) is -3.63. The van der Waals surface area contributed by atoms with Gasteiger partial charge in [0.15, 0.2) is 25.2 Å². The Balaban J connectivity index is 1.56. The van der Waals surface area contributed by atoms with Crippen molar-refractivity contribution in [2.24, 2.45) is 0 Å². The Kier molecular flexibility index (Phi) is 20.3. The predicted molar refractivity (Wildman–Crippen MR) is 216 cm³/mol. The Hall–Kier alpha value is -2.64. The van der Waals surface area contributed by atoms with Gasteiger partial charge in [0.05, 0.1) is 44.7 Å². The van der Waals surface area contributed by atoms with Gasteiger partial charge in [-0.3, -0.25) is 14.1 Å². The molecule has 71 heavy (non-hydrogen) atoms. The number of carbonyl (C=O) groups is 3. The molecule has 412 valence electrons. The largest absolute Gasteiger partial charge is 0.477 e. The first-order valence-corrected chi connectivity index (χ1v) is 23.1. The molecule has 5 heterocycles. The van der Waals surface area contributed by atoms with Crippen LogP contribution in [0.15, 0.2) is 0 Å². The van der Waals surface area contributed by atoms with E-state index in [1.807, 2.05) is 0 Å². The number of aliphatic hydroxyl groups is 14. The van der Waals surface area contributed by atoms with E-state index in [1.54, 1.807) is 0 Å². The maximum absolute atomic E-state index is 13.0. The summed E-state index contributed by atoms with van der Waals surface area (Å²) in [5.74, 6) is -7.10. The smallest absolute Gasteiger partial charge is 0.397 e. The lowest BCUT2D eigenvalue weighted by molar-refractivity contribution is -0.395. The second-order valence-corrected chi connectivity index (χ2v) is 18.5. The molecule has 0 aliphatic carbocycles. The summed E-state index contributed by atoms with van der Waals surface area (Å²) < 4.78 is 89.6. The van der Waals surface area contributed by atoms with Gasteiger partial charge >= 0.3 is 16.4 Å². The number of carbonyl (C=O) groups excluding carboxylic acids is 2. The van der Waals surface area contributed by atoms with Crippen LogP contribution in [0.25, 0.3) is 0 Å². The fraction of sp³-hybridized carbons (Fsp3) is 0.919. The van der Waals surface area contributed by atoms with Crippen molar-refractivity contribution < 1.29 is 151 Å². The Labute approximate surface area is 401 Å². The standard InChI is InChI=1S/C37H62N2O31S/c1-9-19(47)22(50)24(52)34(62-9)67-30-18(39-11(3)44)33(68-31-21(49)14(6-41)63-32(55)26(31)54)65-16(8-61-71(58,59)60)28(30)66-35-25(53)23(51)27(15(7-42)64-35)69-37(36(56)57)4-12(45)17(38-10(2)43)29(70-37)20(48)13(46)5-40/h9,12-35,40-42,45-55H,4-8H2,1-3H3,(H,38,43)(H,39,44)(H,56,57)(H,58,59,60)/t9-,12-,13?,14+,15+,16+,17+,18+,19+,20?,21-,22+,23-,24-,25+,26+,27-,28+,29+,30+,31?,32?,33-,34-,35-,37+/m0/s1.